The van der Waals surface area contributed by atoms with Gasteiger partial charge in [0.2, 0.25) is 5.91 Å². The molecule has 19 heavy (non-hydrogen) atoms. The summed E-state index contributed by atoms with van der Waals surface area (Å²) in [6.45, 7) is 1.62. The predicted octanol–water partition coefficient (Wildman–Crippen LogP) is 1.31. The maximum atomic E-state index is 11.9. The van der Waals surface area contributed by atoms with Crippen molar-refractivity contribution >= 4 is 5.91 Å². The number of carbonyl (C=O) groups excluding carboxylic acids is 1. The third kappa shape index (κ3) is 3.09. The SMILES string of the molecule is CN(C(=O)COC1CCC2(CC1)OCCO2)C1CC1. The molecule has 0 radical (unpaired) electrons. The Morgan fingerprint density at radius 2 is 1.84 bits per heavy atom. The van der Waals surface area contributed by atoms with E-state index < -0.39 is 0 Å². The fourth-order valence-corrected chi connectivity index (χ4v) is 2.94. The molecule has 5 nitrogen and oxygen atoms in total. The Kier molecular flexibility index (Phi) is 3.78. The highest BCUT2D eigenvalue weighted by atomic mass is 16.7. The summed E-state index contributed by atoms with van der Waals surface area (Å²) in [5.74, 6) is -0.231. The Labute approximate surface area is 114 Å². The zero-order chi connectivity index (χ0) is 13.3. The summed E-state index contributed by atoms with van der Waals surface area (Å²) < 4.78 is 17.1. The fourth-order valence-electron chi connectivity index (χ4n) is 2.94. The molecule has 0 atom stereocenters. The first kappa shape index (κ1) is 13.3. The molecular formula is C14H23NO4. The van der Waals surface area contributed by atoms with Crippen LogP contribution in [-0.2, 0) is 19.0 Å². The lowest BCUT2D eigenvalue weighted by Gasteiger charge is -2.35. The van der Waals surface area contributed by atoms with Gasteiger partial charge in [0.05, 0.1) is 19.3 Å². The quantitative estimate of drug-likeness (QED) is 0.772. The van der Waals surface area contributed by atoms with E-state index >= 15 is 0 Å². The van der Waals surface area contributed by atoms with Gasteiger partial charge in [-0.3, -0.25) is 4.79 Å². The number of rotatable bonds is 4. The fraction of sp³-hybridized carbons (Fsp3) is 0.929. The molecular weight excluding hydrogens is 246 g/mol. The number of carbonyl (C=O) groups is 1. The molecule has 1 aliphatic heterocycles. The summed E-state index contributed by atoms with van der Waals surface area (Å²) in [4.78, 5) is 13.7. The smallest absolute Gasteiger partial charge is 0.248 e. The highest BCUT2D eigenvalue weighted by Gasteiger charge is 2.40. The first-order valence-electron chi connectivity index (χ1n) is 7.34. The van der Waals surface area contributed by atoms with Gasteiger partial charge in [-0.25, -0.2) is 0 Å². The molecule has 0 aromatic rings. The third-order valence-corrected chi connectivity index (χ3v) is 4.44. The third-order valence-electron chi connectivity index (χ3n) is 4.44. The van der Waals surface area contributed by atoms with Crippen LogP contribution in [0.1, 0.15) is 38.5 Å². The van der Waals surface area contributed by atoms with Crippen molar-refractivity contribution in [2.45, 2.75) is 56.5 Å². The van der Waals surface area contributed by atoms with Crippen LogP contribution in [0.5, 0.6) is 0 Å². The van der Waals surface area contributed by atoms with Crippen molar-refractivity contribution in [2.75, 3.05) is 26.9 Å². The van der Waals surface area contributed by atoms with Crippen molar-refractivity contribution < 1.29 is 19.0 Å². The monoisotopic (exact) mass is 269 g/mol. The normalized spacial score (nSPS) is 26.8. The Balaban J connectivity index is 1.38. The molecule has 3 fully saturated rings. The zero-order valence-electron chi connectivity index (χ0n) is 11.6. The van der Waals surface area contributed by atoms with Gasteiger partial charge in [0.1, 0.15) is 6.61 Å². The van der Waals surface area contributed by atoms with Crippen LogP contribution in [0.25, 0.3) is 0 Å². The average molecular weight is 269 g/mol. The summed E-state index contributed by atoms with van der Waals surface area (Å²) in [6.07, 6.45) is 6.05. The van der Waals surface area contributed by atoms with E-state index in [9.17, 15) is 4.79 Å². The zero-order valence-corrected chi connectivity index (χ0v) is 11.6. The molecule has 3 rings (SSSR count). The van der Waals surface area contributed by atoms with E-state index in [1.165, 1.54) is 0 Å². The number of ether oxygens (including phenoxy) is 3. The van der Waals surface area contributed by atoms with Gasteiger partial charge in [-0.2, -0.15) is 0 Å². The van der Waals surface area contributed by atoms with Gasteiger partial charge >= 0.3 is 0 Å². The minimum Gasteiger partial charge on any atom is -0.368 e. The lowest BCUT2D eigenvalue weighted by atomic mass is 9.92. The minimum absolute atomic E-state index is 0.108. The van der Waals surface area contributed by atoms with Crippen LogP contribution in [0, 0.1) is 0 Å². The van der Waals surface area contributed by atoms with Crippen LogP contribution in [0.15, 0.2) is 0 Å². The van der Waals surface area contributed by atoms with Crippen molar-refractivity contribution in [2.24, 2.45) is 0 Å². The lowest BCUT2D eigenvalue weighted by Crippen LogP contribution is -2.39. The van der Waals surface area contributed by atoms with Crippen LogP contribution in [0.4, 0.5) is 0 Å². The second-order valence-corrected chi connectivity index (χ2v) is 5.85. The molecule has 1 saturated heterocycles. The predicted molar refractivity (Wildman–Crippen MR) is 68.6 cm³/mol. The number of nitrogens with zero attached hydrogens (tertiary/aromatic N) is 1. The van der Waals surface area contributed by atoms with E-state index in [2.05, 4.69) is 0 Å². The molecule has 0 N–H and O–H groups in total. The van der Waals surface area contributed by atoms with Gasteiger partial charge in [0, 0.05) is 25.9 Å². The Morgan fingerprint density at radius 1 is 1.21 bits per heavy atom. The minimum atomic E-state index is -0.339. The van der Waals surface area contributed by atoms with Crippen molar-refractivity contribution in [1.82, 2.24) is 4.90 Å². The highest BCUT2D eigenvalue weighted by molar-refractivity contribution is 5.77. The van der Waals surface area contributed by atoms with Crippen molar-refractivity contribution in [1.29, 1.82) is 0 Å². The first-order valence-corrected chi connectivity index (χ1v) is 7.34. The van der Waals surface area contributed by atoms with E-state index in [4.69, 9.17) is 14.2 Å². The van der Waals surface area contributed by atoms with Gasteiger partial charge in [0.25, 0.3) is 0 Å². The second kappa shape index (κ2) is 5.38. The molecule has 108 valence electrons. The summed E-state index contributed by atoms with van der Waals surface area (Å²) in [5.41, 5.74) is 0. The standard InChI is InChI=1S/C14H23NO4/c1-15(11-2-3-11)13(16)10-17-12-4-6-14(7-5-12)18-8-9-19-14/h11-12H,2-10H2,1H3. The van der Waals surface area contributed by atoms with E-state index in [1.54, 1.807) is 0 Å². The highest BCUT2D eigenvalue weighted by Crippen LogP contribution is 2.36. The van der Waals surface area contributed by atoms with Gasteiger partial charge in [-0.1, -0.05) is 0 Å². The summed E-state index contributed by atoms with van der Waals surface area (Å²) in [7, 11) is 1.87. The van der Waals surface area contributed by atoms with Crippen LogP contribution in [0.3, 0.4) is 0 Å². The Hall–Kier alpha value is -0.650. The largest absolute Gasteiger partial charge is 0.368 e. The summed E-state index contributed by atoms with van der Waals surface area (Å²) >= 11 is 0. The molecule has 0 aromatic heterocycles. The first-order chi connectivity index (χ1) is 9.19. The lowest BCUT2D eigenvalue weighted by molar-refractivity contribution is -0.192. The van der Waals surface area contributed by atoms with E-state index in [-0.39, 0.29) is 24.4 Å². The maximum absolute atomic E-state index is 11.9. The van der Waals surface area contributed by atoms with Crippen molar-refractivity contribution in [3.8, 4) is 0 Å². The van der Waals surface area contributed by atoms with Crippen LogP contribution < -0.4 is 0 Å². The average Bonchev–Trinajstić information content (AvgIpc) is 3.19. The molecule has 0 unspecified atom stereocenters. The van der Waals surface area contributed by atoms with Gasteiger partial charge in [-0.05, 0) is 25.7 Å². The summed E-state index contributed by atoms with van der Waals surface area (Å²) in [6, 6.07) is 0.464. The molecule has 2 aliphatic carbocycles. The molecule has 1 spiro atoms. The van der Waals surface area contributed by atoms with Crippen LogP contribution >= 0.6 is 0 Å². The van der Waals surface area contributed by atoms with Crippen LogP contribution in [-0.4, -0.2) is 55.6 Å². The van der Waals surface area contributed by atoms with E-state index in [0.29, 0.717) is 19.3 Å². The molecule has 1 heterocycles. The number of amides is 1. The number of hydrogen-bond donors (Lipinski definition) is 0. The van der Waals surface area contributed by atoms with Gasteiger partial charge in [-0.15, -0.1) is 0 Å². The Morgan fingerprint density at radius 3 is 2.42 bits per heavy atom. The van der Waals surface area contributed by atoms with E-state index in [0.717, 1.165) is 38.5 Å². The molecule has 5 heteroatoms. The van der Waals surface area contributed by atoms with Gasteiger partial charge < -0.3 is 19.1 Å². The molecule has 0 aromatic carbocycles. The number of hydrogen-bond acceptors (Lipinski definition) is 4. The topological polar surface area (TPSA) is 48.0 Å². The second-order valence-electron chi connectivity index (χ2n) is 5.85. The molecule has 0 bridgehead atoms. The summed E-state index contributed by atoms with van der Waals surface area (Å²) in [5, 5.41) is 0. The Bertz CT molecular complexity index is 326. The van der Waals surface area contributed by atoms with Crippen LogP contribution in [0.2, 0.25) is 0 Å². The maximum Gasteiger partial charge on any atom is 0.248 e. The molecule has 3 aliphatic rings. The van der Waals surface area contributed by atoms with Crippen molar-refractivity contribution in [3.05, 3.63) is 0 Å². The number of likely N-dealkylation sites (N-methyl/N-ethyl adjacent to an activating group) is 1. The van der Waals surface area contributed by atoms with E-state index in [1.807, 2.05) is 11.9 Å². The van der Waals surface area contributed by atoms with Gasteiger partial charge in [0.15, 0.2) is 5.79 Å². The molecule has 1 amide bonds. The van der Waals surface area contributed by atoms with Crippen molar-refractivity contribution in [3.63, 3.8) is 0 Å². The molecule has 2 saturated carbocycles.